The van der Waals surface area contributed by atoms with Gasteiger partial charge in [-0.1, -0.05) is 42.7 Å². The van der Waals surface area contributed by atoms with E-state index in [2.05, 4.69) is 24.0 Å². The predicted octanol–water partition coefficient (Wildman–Crippen LogP) is 6.99. The third-order valence-electron chi connectivity index (χ3n) is 6.27. The number of aryl methyl sites for hydroxylation is 1. The van der Waals surface area contributed by atoms with E-state index in [-0.39, 0.29) is 31.0 Å². The minimum absolute atomic E-state index is 0.00875. The summed E-state index contributed by atoms with van der Waals surface area (Å²) in [6, 6.07) is 5.67. The van der Waals surface area contributed by atoms with Gasteiger partial charge in [0.1, 0.15) is 5.78 Å². The fourth-order valence-corrected chi connectivity index (χ4v) is 5.82. The van der Waals surface area contributed by atoms with Crippen LogP contribution < -0.4 is 0 Å². The lowest BCUT2D eigenvalue weighted by Gasteiger charge is -2.15. The SMILES string of the molecule is Cc1ccc(CC(=O)C[C@H](CCC(=O)O)c2noc(-c3cnc(CC(C)C)s3)c2C2CC2)c(Cl)c1. The van der Waals surface area contributed by atoms with Crippen molar-refractivity contribution in [2.24, 2.45) is 5.92 Å². The summed E-state index contributed by atoms with van der Waals surface area (Å²) >= 11 is 7.96. The number of halogens is 1. The van der Waals surface area contributed by atoms with Crippen LogP contribution >= 0.6 is 22.9 Å². The Morgan fingerprint density at radius 2 is 2.06 bits per heavy atom. The smallest absolute Gasteiger partial charge is 0.303 e. The van der Waals surface area contributed by atoms with E-state index >= 15 is 0 Å². The highest BCUT2D eigenvalue weighted by atomic mass is 35.5. The number of thiazole rings is 1. The number of benzene rings is 1. The Labute approximate surface area is 214 Å². The summed E-state index contributed by atoms with van der Waals surface area (Å²) in [5.74, 6) is 0.366. The van der Waals surface area contributed by atoms with Crippen molar-refractivity contribution < 1.29 is 19.2 Å². The summed E-state index contributed by atoms with van der Waals surface area (Å²) in [4.78, 5) is 30.0. The zero-order valence-corrected chi connectivity index (χ0v) is 21.9. The number of rotatable bonds is 12. The zero-order valence-electron chi connectivity index (χ0n) is 20.3. The van der Waals surface area contributed by atoms with Gasteiger partial charge in [0, 0.05) is 48.4 Å². The number of hydrogen-bond acceptors (Lipinski definition) is 6. The van der Waals surface area contributed by atoms with Crippen molar-refractivity contribution >= 4 is 34.7 Å². The maximum atomic E-state index is 13.1. The second kappa shape index (κ2) is 11.0. The molecule has 1 aromatic carbocycles. The van der Waals surface area contributed by atoms with Crippen LogP contribution in [-0.4, -0.2) is 27.0 Å². The molecular formula is C27H31ClN2O4S. The van der Waals surface area contributed by atoms with Crippen LogP contribution in [0.3, 0.4) is 0 Å². The van der Waals surface area contributed by atoms with Crippen LogP contribution in [0.5, 0.6) is 0 Å². The molecule has 3 aromatic rings. The van der Waals surface area contributed by atoms with Gasteiger partial charge in [0.2, 0.25) is 0 Å². The number of Topliss-reactive ketones (excluding diaryl/α,β-unsaturated/α-hetero) is 1. The van der Waals surface area contributed by atoms with E-state index in [1.165, 1.54) is 0 Å². The lowest BCUT2D eigenvalue weighted by Crippen LogP contribution is -2.13. The van der Waals surface area contributed by atoms with Gasteiger partial charge in [-0.05, 0) is 55.2 Å². The molecule has 0 aliphatic heterocycles. The number of carbonyl (C=O) groups is 2. The first-order valence-corrected chi connectivity index (χ1v) is 13.3. The molecule has 1 N–H and O–H groups in total. The molecule has 4 rings (SSSR count). The van der Waals surface area contributed by atoms with Gasteiger partial charge in [-0.15, -0.1) is 11.3 Å². The summed E-state index contributed by atoms with van der Waals surface area (Å²) in [6.45, 7) is 6.28. The third kappa shape index (κ3) is 6.58. The third-order valence-corrected chi connectivity index (χ3v) is 7.64. The van der Waals surface area contributed by atoms with E-state index in [0.717, 1.165) is 57.3 Å². The number of hydrogen-bond donors (Lipinski definition) is 1. The topological polar surface area (TPSA) is 93.3 Å². The Morgan fingerprint density at radius 3 is 2.71 bits per heavy atom. The van der Waals surface area contributed by atoms with Crippen molar-refractivity contribution in [1.82, 2.24) is 10.1 Å². The zero-order chi connectivity index (χ0) is 25.1. The molecule has 0 radical (unpaired) electrons. The van der Waals surface area contributed by atoms with Crippen molar-refractivity contribution in [2.75, 3.05) is 0 Å². The highest BCUT2D eigenvalue weighted by molar-refractivity contribution is 7.15. The van der Waals surface area contributed by atoms with Crippen molar-refractivity contribution in [3.05, 3.63) is 56.8 Å². The standard InChI is InChI=1S/C27H31ClN2O4S/c1-15(2)10-23-29-14-22(35-23)27-25(17-6-7-17)26(30-34-27)19(8-9-24(32)33)13-20(31)12-18-5-4-16(3)11-21(18)28/h4-5,11,14-15,17,19H,6-10,12-13H2,1-3H3,(H,32,33)/t19-/m0/s1. The normalized spacial score (nSPS) is 14.4. The first kappa shape index (κ1) is 25.6. The molecule has 0 unspecified atom stereocenters. The number of ketones is 1. The van der Waals surface area contributed by atoms with Crippen molar-refractivity contribution in [3.63, 3.8) is 0 Å². The van der Waals surface area contributed by atoms with Crippen LogP contribution in [0.15, 0.2) is 28.9 Å². The Morgan fingerprint density at radius 1 is 1.29 bits per heavy atom. The summed E-state index contributed by atoms with van der Waals surface area (Å²) < 4.78 is 5.86. The van der Waals surface area contributed by atoms with Crippen LogP contribution in [0.1, 0.15) is 85.2 Å². The van der Waals surface area contributed by atoms with E-state index in [0.29, 0.717) is 23.3 Å². The maximum Gasteiger partial charge on any atom is 0.303 e. The summed E-state index contributed by atoms with van der Waals surface area (Å²) in [5, 5.41) is 15.4. The molecule has 0 saturated heterocycles. The summed E-state index contributed by atoms with van der Waals surface area (Å²) in [6.07, 6.45) is 5.53. The van der Waals surface area contributed by atoms with E-state index in [1.807, 2.05) is 31.3 Å². The minimum atomic E-state index is -0.887. The monoisotopic (exact) mass is 514 g/mol. The molecule has 2 heterocycles. The molecule has 186 valence electrons. The molecule has 6 nitrogen and oxygen atoms in total. The van der Waals surface area contributed by atoms with E-state index in [4.69, 9.17) is 16.1 Å². The van der Waals surface area contributed by atoms with Crippen molar-refractivity contribution in [2.45, 2.75) is 77.6 Å². The number of aliphatic carboxylic acids is 1. The predicted molar refractivity (Wildman–Crippen MR) is 137 cm³/mol. The first-order chi connectivity index (χ1) is 16.7. The van der Waals surface area contributed by atoms with Gasteiger partial charge >= 0.3 is 5.97 Å². The van der Waals surface area contributed by atoms with Crippen LogP contribution in [0.25, 0.3) is 10.6 Å². The van der Waals surface area contributed by atoms with E-state index < -0.39 is 5.97 Å². The second-order valence-corrected chi connectivity index (χ2v) is 11.5. The average Bonchev–Trinajstić information content (AvgIpc) is 3.36. The van der Waals surface area contributed by atoms with Gasteiger partial charge in [-0.2, -0.15) is 0 Å². The number of nitrogens with zero attached hydrogens (tertiary/aromatic N) is 2. The molecule has 0 bridgehead atoms. The van der Waals surface area contributed by atoms with Gasteiger partial charge < -0.3 is 9.63 Å². The molecule has 1 atom stereocenters. The molecule has 1 aliphatic carbocycles. The molecule has 35 heavy (non-hydrogen) atoms. The molecule has 1 saturated carbocycles. The molecule has 1 aliphatic rings. The quantitative estimate of drug-likeness (QED) is 0.280. The largest absolute Gasteiger partial charge is 0.481 e. The Bertz CT molecular complexity index is 1210. The Hall–Kier alpha value is -2.51. The lowest BCUT2D eigenvalue weighted by atomic mass is 9.88. The fraction of sp³-hybridized carbons (Fsp3) is 0.481. The molecule has 0 amide bonds. The van der Waals surface area contributed by atoms with Crippen LogP contribution in [0.4, 0.5) is 0 Å². The molecular weight excluding hydrogens is 484 g/mol. The van der Waals surface area contributed by atoms with Crippen LogP contribution in [-0.2, 0) is 22.4 Å². The highest BCUT2D eigenvalue weighted by Crippen LogP contribution is 2.49. The number of carbonyl (C=O) groups excluding carboxylic acids is 1. The average molecular weight is 515 g/mol. The van der Waals surface area contributed by atoms with Crippen molar-refractivity contribution in [3.8, 4) is 10.6 Å². The summed E-state index contributed by atoms with van der Waals surface area (Å²) in [7, 11) is 0. The minimum Gasteiger partial charge on any atom is -0.481 e. The van der Waals surface area contributed by atoms with Gasteiger partial charge in [0.25, 0.3) is 0 Å². The highest BCUT2D eigenvalue weighted by Gasteiger charge is 2.36. The molecule has 8 heteroatoms. The lowest BCUT2D eigenvalue weighted by molar-refractivity contribution is -0.137. The maximum absolute atomic E-state index is 13.1. The van der Waals surface area contributed by atoms with Crippen molar-refractivity contribution in [1.29, 1.82) is 0 Å². The Kier molecular flexibility index (Phi) is 8.07. The van der Waals surface area contributed by atoms with E-state index in [1.54, 1.807) is 11.3 Å². The number of carboxylic acids is 1. The van der Waals surface area contributed by atoms with Gasteiger partial charge in [-0.25, -0.2) is 4.98 Å². The first-order valence-electron chi connectivity index (χ1n) is 12.1. The van der Waals surface area contributed by atoms with Crippen LogP contribution in [0.2, 0.25) is 5.02 Å². The molecule has 2 aromatic heterocycles. The number of carboxylic acid groups (broad SMARTS) is 1. The Balaban J connectivity index is 1.60. The van der Waals surface area contributed by atoms with Gasteiger partial charge in [-0.3, -0.25) is 9.59 Å². The summed E-state index contributed by atoms with van der Waals surface area (Å²) in [5.41, 5.74) is 3.58. The van der Waals surface area contributed by atoms with E-state index in [9.17, 15) is 14.7 Å². The number of aromatic nitrogens is 2. The molecule has 0 spiro atoms. The van der Waals surface area contributed by atoms with Gasteiger partial charge in [0.05, 0.1) is 15.6 Å². The second-order valence-electron chi connectivity index (χ2n) is 9.94. The van der Waals surface area contributed by atoms with Crippen LogP contribution in [0, 0.1) is 12.8 Å². The molecule has 1 fully saturated rings. The fourth-order valence-electron chi connectivity index (χ4n) is 4.40. The van der Waals surface area contributed by atoms with Gasteiger partial charge in [0.15, 0.2) is 5.76 Å².